The molecule has 51 heavy (non-hydrogen) atoms. The molecule has 0 bridgehead atoms. The normalized spacial score (nSPS) is 13.3. The topological polar surface area (TPSA) is 227 Å². The summed E-state index contributed by atoms with van der Waals surface area (Å²) in [5.41, 5.74) is 5.09. The van der Waals surface area contributed by atoms with E-state index in [-0.39, 0.29) is 23.8 Å². The van der Waals surface area contributed by atoms with Crippen molar-refractivity contribution in [2.45, 2.75) is 59.1 Å². The molecule has 17 nitrogen and oxygen atoms in total. The fraction of sp³-hybridized carbons (Fsp3) is 0.303. The zero-order valence-corrected chi connectivity index (χ0v) is 29.3. The maximum absolute atomic E-state index is 11.5. The average Bonchev–Trinajstić information content (AvgIpc) is 3.81. The molecule has 0 spiro atoms. The first-order valence-electron chi connectivity index (χ1n) is 15.4. The Morgan fingerprint density at radius 2 is 1.33 bits per heavy atom. The molecule has 2 aromatic heterocycles. The van der Waals surface area contributed by atoms with Gasteiger partial charge in [-0.3, -0.25) is 9.59 Å². The van der Waals surface area contributed by atoms with Crippen molar-refractivity contribution >= 4 is 17.8 Å². The molecule has 0 saturated carbocycles. The van der Waals surface area contributed by atoms with Crippen molar-refractivity contribution < 1.29 is 54.3 Å². The molecule has 18 heteroatoms. The van der Waals surface area contributed by atoms with E-state index in [4.69, 9.17) is 26.0 Å². The molecular weight excluding hydrogens is 704 g/mol. The van der Waals surface area contributed by atoms with Crippen LogP contribution in [-0.2, 0) is 64.1 Å². The minimum atomic E-state index is -3.79. The molecular formula is C33H38CrN8O9. The number of amides is 2. The predicted octanol–water partition coefficient (Wildman–Crippen LogP) is 3.30. The average molecular weight is 743 g/mol. The molecule has 1 aliphatic rings. The van der Waals surface area contributed by atoms with E-state index in [1.807, 2.05) is 42.6 Å². The molecule has 1 saturated heterocycles. The molecule has 1 fully saturated rings. The predicted molar refractivity (Wildman–Crippen MR) is 173 cm³/mol. The van der Waals surface area contributed by atoms with Crippen LogP contribution in [0.2, 0.25) is 0 Å². The molecule has 1 unspecified atom stereocenters. The van der Waals surface area contributed by atoms with Crippen LogP contribution in [0.5, 0.6) is 0 Å². The molecule has 2 amide bonds. The van der Waals surface area contributed by atoms with E-state index in [0.29, 0.717) is 36.5 Å². The summed E-state index contributed by atoms with van der Waals surface area (Å²) in [5, 5.41) is 29.9. The third-order valence-electron chi connectivity index (χ3n) is 6.89. The van der Waals surface area contributed by atoms with Crippen molar-refractivity contribution in [3.8, 4) is 11.4 Å². The second kappa shape index (κ2) is 20.2. The fourth-order valence-corrected chi connectivity index (χ4v) is 4.20. The van der Waals surface area contributed by atoms with Crippen LogP contribution in [0.1, 0.15) is 60.4 Å². The maximum atomic E-state index is 11.5. The Kier molecular flexibility index (Phi) is 15.8. The van der Waals surface area contributed by atoms with Gasteiger partial charge < -0.3 is 25.2 Å². The molecule has 270 valence electrons. The van der Waals surface area contributed by atoms with Crippen molar-refractivity contribution in [3.63, 3.8) is 0 Å². The SMILES string of the molecule is C=C(C)C(=O)NCc1ccc(-n2cc(C(=O)O)nn2)cc1.C=C(C)C(=O)NCc1ccc(-n2cc(COC3CCCCO3)nn2)cc1.[O]=[Cr](=[O])=[O]. The van der Waals surface area contributed by atoms with E-state index in [9.17, 15) is 14.4 Å². The van der Waals surface area contributed by atoms with Gasteiger partial charge in [-0.25, -0.2) is 14.2 Å². The summed E-state index contributed by atoms with van der Waals surface area (Å²) in [5.74, 6) is -1.46. The van der Waals surface area contributed by atoms with E-state index in [1.54, 1.807) is 30.7 Å². The first kappa shape index (κ1) is 39.9. The van der Waals surface area contributed by atoms with Gasteiger partial charge in [0.2, 0.25) is 11.8 Å². The van der Waals surface area contributed by atoms with Gasteiger partial charge in [0.1, 0.15) is 5.69 Å². The van der Waals surface area contributed by atoms with Gasteiger partial charge in [-0.1, -0.05) is 47.9 Å². The second-order valence-electron chi connectivity index (χ2n) is 11.1. The number of carbonyl (C=O) groups is 3. The van der Waals surface area contributed by atoms with Gasteiger partial charge in [0, 0.05) is 30.8 Å². The Balaban J connectivity index is 0.000000254. The van der Waals surface area contributed by atoms with E-state index in [0.717, 1.165) is 48.4 Å². The van der Waals surface area contributed by atoms with Crippen molar-refractivity contribution in [3.05, 3.63) is 108 Å². The van der Waals surface area contributed by atoms with Crippen LogP contribution >= 0.6 is 0 Å². The van der Waals surface area contributed by atoms with Gasteiger partial charge in [0.15, 0.2) is 12.0 Å². The molecule has 5 rings (SSSR count). The van der Waals surface area contributed by atoms with Crippen molar-refractivity contribution in [1.82, 2.24) is 40.6 Å². The Bertz CT molecular complexity index is 1910. The van der Waals surface area contributed by atoms with Crippen LogP contribution in [0.3, 0.4) is 0 Å². The van der Waals surface area contributed by atoms with E-state index in [1.165, 1.54) is 10.9 Å². The number of carbonyl (C=O) groups excluding carboxylic acids is 2. The number of hydrogen-bond donors (Lipinski definition) is 3. The Morgan fingerprint density at radius 3 is 1.76 bits per heavy atom. The van der Waals surface area contributed by atoms with E-state index in [2.05, 4.69) is 44.4 Å². The van der Waals surface area contributed by atoms with Gasteiger partial charge >= 0.3 is 31.3 Å². The number of rotatable bonds is 12. The number of carboxylic acid groups (broad SMARTS) is 1. The first-order valence-corrected chi connectivity index (χ1v) is 17.0. The fourth-order valence-electron chi connectivity index (χ4n) is 4.20. The Hall–Kier alpha value is -5.54. The Labute approximate surface area is 297 Å². The van der Waals surface area contributed by atoms with Crippen molar-refractivity contribution in [2.24, 2.45) is 0 Å². The second-order valence-corrected chi connectivity index (χ2v) is 11.7. The van der Waals surface area contributed by atoms with Crippen LogP contribution in [0.4, 0.5) is 0 Å². The minimum absolute atomic E-state index is 0.118. The summed E-state index contributed by atoms with van der Waals surface area (Å²) >= 11 is -3.79. The molecule has 0 radical (unpaired) electrons. The molecule has 4 aromatic rings. The van der Waals surface area contributed by atoms with E-state index < -0.39 is 19.9 Å². The van der Waals surface area contributed by atoms with Gasteiger partial charge in [-0.05, 0) is 68.5 Å². The quantitative estimate of drug-likeness (QED) is 0.177. The number of benzene rings is 2. The number of ether oxygens (including phenoxy) is 2. The molecule has 3 N–H and O–H groups in total. The summed E-state index contributed by atoms with van der Waals surface area (Å²) in [7, 11) is 0. The third kappa shape index (κ3) is 14.1. The number of nitrogens with one attached hydrogen (secondary N) is 2. The van der Waals surface area contributed by atoms with Crippen molar-refractivity contribution in [1.29, 1.82) is 0 Å². The number of nitrogens with zero attached hydrogens (tertiary/aromatic N) is 6. The molecule has 3 heterocycles. The molecule has 2 aromatic carbocycles. The van der Waals surface area contributed by atoms with Gasteiger partial charge in [-0.15, -0.1) is 10.2 Å². The number of carboxylic acids is 1. The summed E-state index contributed by atoms with van der Waals surface area (Å²) in [6.07, 6.45) is 6.21. The third-order valence-corrected chi connectivity index (χ3v) is 6.89. The van der Waals surface area contributed by atoms with Crippen LogP contribution in [0.15, 0.2) is 85.2 Å². The standard InChI is InChI=1S/C19H24N4O3.C14H14N4O3.Cr.3O/c1-14(2)19(24)20-11-15-6-8-17(9-7-15)23-12-16(21-22-23)13-26-18-5-3-4-10-25-18;1-9(2)13(19)15-7-10-3-5-11(6-4-10)18-8-12(14(20)21)16-17-18;;;;/h6-9,12,18H,1,3-5,10-11,13H2,2H3,(H,20,24);3-6,8H,1,7H2,2H3,(H,15,19)(H,20,21);;;;. The van der Waals surface area contributed by atoms with Crippen LogP contribution in [0.25, 0.3) is 11.4 Å². The van der Waals surface area contributed by atoms with Gasteiger partial charge in [-0.2, -0.15) is 0 Å². The Morgan fingerprint density at radius 1 is 0.843 bits per heavy atom. The molecule has 1 atom stereocenters. The van der Waals surface area contributed by atoms with E-state index >= 15 is 0 Å². The monoisotopic (exact) mass is 742 g/mol. The van der Waals surface area contributed by atoms with Crippen LogP contribution in [0, 0.1) is 0 Å². The molecule has 1 aliphatic heterocycles. The molecule has 0 aliphatic carbocycles. The van der Waals surface area contributed by atoms with Gasteiger partial charge in [0.25, 0.3) is 0 Å². The van der Waals surface area contributed by atoms with Crippen molar-refractivity contribution in [2.75, 3.05) is 6.61 Å². The van der Waals surface area contributed by atoms with Crippen LogP contribution < -0.4 is 10.6 Å². The summed E-state index contributed by atoms with van der Waals surface area (Å²) in [6.45, 7) is 12.5. The summed E-state index contributed by atoms with van der Waals surface area (Å²) in [6, 6.07) is 14.9. The number of aromatic carboxylic acids is 1. The zero-order chi connectivity index (χ0) is 37.3. The first-order chi connectivity index (χ1) is 24.3. The number of hydrogen-bond acceptors (Lipinski definition) is 12. The zero-order valence-electron chi connectivity index (χ0n) is 28.0. The number of aromatic nitrogens is 6. The van der Waals surface area contributed by atoms with Crippen LogP contribution in [-0.4, -0.2) is 65.8 Å². The summed E-state index contributed by atoms with van der Waals surface area (Å²) in [4.78, 5) is 33.7. The van der Waals surface area contributed by atoms with Gasteiger partial charge in [0.05, 0.1) is 30.4 Å². The summed E-state index contributed by atoms with van der Waals surface area (Å²) < 4.78 is 40.0.